The Morgan fingerprint density at radius 2 is 1.60 bits per heavy atom. The van der Waals surface area contributed by atoms with E-state index in [1.807, 2.05) is 0 Å². The molecule has 0 bridgehead atoms. The van der Waals surface area contributed by atoms with E-state index in [-0.39, 0.29) is 6.04 Å². The minimum Gasteiger partial charge on any atom is -0.496 e. The number of methoxy groups -OCH3 is 3. The maximum atomic E-state index is 12.1. The lowest BCUT2D eigenvalue weighted by molar-refractivity contribution is -0.149. The Morgan fingerprint density at radius 3 is 2.20 bits per heavy atom. The number of urea groups is 1. The Hall–Kier alpha value is -3.23. The lowest BCUT2D eigenvalue weighted by atomic mass is 10.1. The van der Waals surface area contributed by atoms with E-state index in [0.717, 1.165) is 31.8 Å². The van der Waals surface area contributed by atoms with Crippen molar-refractivity contribution in [2.45, 2.75) is 44.8 Å². The standard InChI is InChI=1S/C21H28N2O7/c1-13(20(25)23-21(26)22-15-7-5-6-8-15)30-19(24)10-9-14-11-17(28-3)18(29-4)12-16(14)27-2/h9-13,15H,5-8H2,1-4H3,(H2,22,23,25,26)/b10-9+/t13-/m0/s1. The van der Waals surface area contributed by atoms with Crippen molar-refractivity contribution in [2.24, 2.45) is 0 Å². The summed E-state index contributed by atoms with van der Waals surface area (Å²) in [4.78, 5) is 36.0. The minimum atomic E-state index is -1.14. The van der Waals surface area contributed by atoms with Crippen molar-refractivity contribution in [3.8, 4) is 17.2 Å². The molecule has 1 atom stereocenters. The van der Waals surface area contributed by atoms with Crippen molar-refractivity contribution in [2.75, 3.05) is 21.3 Å². The highest BCUT2D eigenvalue weighted by molar-refractivity contribution is 5.98. The van der Waals surface area contributed by atoms with E-state index in [9.17, 15) is 14.4 Å². The van der Waals surface area contributed by atoms with E-state index in [2.05, 4.69) is 10.6 Å². The maximum Gasteiger partial charge on any atom is 0.331 e. The van der Waals surface area contributed by atoms with Gasteiger partial charge in [-0.3, -0.25) is 10.1 Å². The molecular weight excluding hydrogens is 392 g/mol. The molecule has 1 saturated carbocycles. The van der Waals surface area contributed by atoms with Gasteiger partial charge in [-0.1, -0.05) is 12.8 Å². The van der Waals surface area contributed by atoms with Crippen molar-refractivity contribution < 1.29 is 33.3 Å². The Morgan fingerprint density at radius 1 is 1.00 bits per heavy atom. The number of imide groups is 1. The molecule has 1 fully saturated rings. The van der Waals surface area contributed by atoms with Crippen LogP contribution in [0.2, 0.25) is 0 Å². The average molecular weight is 420 g/mol. The molecular formula is C21H28N2O7. The fourth-order valence-corrected chi connectivity index (χ4v) is 3.11. The number of rotatable bonds is 8. The summed E-state index contributed by atoms with van der Waals surface area (Å²) in [6.07, 6.45) is 5.41. The number of benzene rings is 1. The normalized spacial score (nSPS) is 14.8. The van der Waals surface area contributed by atoms with Crippen LogP contribution in [-0.2, 0) is 14.3 Å². The Bertz CT molecular complexity index is 801. The molecule has 0 aliphatic heterocycles. The van der Waals surface area contributed by atoms with Gasteiger partial charge in [0, 0.05) is 23.7 Å². The Balaban J connectivity index is 1.93. The topological polar surface area (TPSA) is 112 Å². The molecule has 164 valence electrons. The van der Waals surface area contributed by atoms with E-state index in [1.165, 1.54) is 34.3 Å². The van der Waals surface area contributed by atoms with Crippen molar-refractivity contribution in [3.63, 3.8) is 0 Å². The fourth-order valence-electron chi connectivity index (χ4n) is 3.11. The van der Waals surface area contributed by atoms with Gasteiger partial charge in [-0.2, -0.15) is 0 Å². The molecule has 2 N–H and O–H groups in total. The first-order chi connectivity index (χ1) is 14.4. The van der Waals surface area contributed by atoms with Crippen molar-refractivity contribution in [3.05, 3.63) is 23.8 Å². The average Bonchev–Trinajstić information content (AvgIpc) is 3.24. The summed E-state index contributed by atoms with van der Waals surface area (Å²) < 4.78 is 20.8. The molecule has 0 radical (unpaired) electrons. The summed E-state index contributed by atoms with van der Waals surface area (Å²) in [7, 11) is 4.49. The molecule has 1 aliphatic carbocycles. The van der Waals surface area contributed by atoms with Crippen LogP contribution in [-0.4, -0.2) is 51.4 Å². The van der Waals surface area contributed by atoms with E-state index in [1.54, 1.807) is 12.1 Å². The first-order valence-electron chi connectivity index (χ1n) is 9.68. The molecule has 0 heterocycles. The van der Waals surface area contributed by atoms with Gasteiger partial charge in [0.2, 0.25) is 0 Å². The second-order valence-corrected chi connectivity index (χ2v) is 6.81. The van der Waals surface area contributed by atoms with Crippen molar-refractivity contribution in [1.29, 1.82) is 0 Å². The monoisotopic (exact) mass is 420 g/mol. The van der Waals surface area contributed by atoms with Crippen LogP contribution in [0.3, 0.4) is 0 Å². The third kappa shape index (κ3) is 6.40. The molecule has 3 amide bonds. The van der Waals surface area contributed by atoms with Crippen molar-refractivity contribution >= 4 is 24.0 Å². The quantitative estimate of drug-likeness (QED) is 0.491. The molecule has 0 aromatic heterocycles. The third-order valence-corrected chi connectivity index (χ3v) is 4.72. The number of carbonyl (C=O) groups is 3. The number of carbonyl (C=O) groups excluding carboxylic acids is 3. The zero-order valence-electron chi connectivity index (χ0n) is 17.7. The number of hydrogen-bond acceptors (Lipinski definition) is 7. The van der Waals surface area contributed by atoms with Crippen LogP contribution in [0.4, 0.5) is 4.79 Å². The fraction of sp³-hybridized carbons (Fsp3) is 0.476. The number of esters is 1. The maximum absolute atomic E-state index is 12.1. The highest BCUT2D eigenvalue weighted by atomic mass is 16.5. The molecule has 2 rings (SSSR count). The van der Waals surface area contributed by atoms with E-state index < -0.39 is 24.0 Å². The summed E-state index contributed by atoms with van der Waals surface area (Å²) in [6, 6.07) is 2.77. The van der Waals surface area contributed by atoms with Gasteiger partial charge in [0.1, 0.15) is 5.75 Å². The van der Waals surface area contributed by atoms with Gasteiger partial charge in [-0.05, 0) is 31.9 Å². The zero-order valence-corrected chi connectivity index (χ0v) is 17.7. The van der Waals surface area contributed by atoms with Gasteiger partial charge in [-0.25, -0.2) is 9.59 Å². The summed E-state index contributed by atoms with van der Waals surface area (Å²) in [5.41, 5.74) is 0.556. The second kappa shape index (κ2) is 11.1. The van der Waals surface area contributed by atoms with Crippen LogP contribution < -0.4 is 24.8 Å². The summed E-state index contributed by atoms with van der Waals surface area (Å²) in [6.45, 7) is 1.39. The number of hydrogen-bond donors (Lipinski definition) is 2. The van der Waals surface area contributed by atoms with E-state index in [0.29, 0.717) is 22.8 Å². The van der Waals surface area contributed by atoms with Crippen molar-refractivity contribution in [1.82, 2.24) is 10.6 Å². The molecule has 0 spiro atoms. The summed E-state index contributed by atoms with van der Waals surface area (Å²) >= 11 is 0. The van der Waals surface area contributed by atoms with Crippen LogP contribution in [0.15, 0.2) is 18.2 Å². The lowest BCUT2D eigenvalue weighted by Crippen LogP contribution is -2.47. The van der Waals surface area contributed by atoms with Gasteiger partial charge < -0.3 is 24.3 Å². The Kier molecular flexibility index (Phi) is 8.52. The smallest absolute Gasteiger partial charge is 0.331 e. The van der Waals surface area contributed by atoms with Gasteiger partial charge in [-0.15, -0.1) is 0 Å². The van der Waals surface area contributed by atoms with Crippen LogP contribution in [0.1, 0.15) is 38.2 Å². The Labute approximate surface area is 175 Å². The first-order valence-corrected chi connectivity index (χ1v) is 9.68. The van der Waals surface area contributed by atoms with E-state index in [4.69, 9.17) is 18.9 Å². The van der Waals surface area contributed by atoms with Gasteiger partial charge in [0.05, 0.1) is 21.3 Å². The minimum absolute atomic E-state index is 0.0788. The van der Waals surface area contributed by atoms with E-state index >= 15 is 0 Å². The second-order valence-electron chi connectivity index (χ2n) is 6.81. The zero-order chi connectivity index (χ0) is 22.1. The first kappa shape index (κ1) is 23.1. The molecule has 30 heavy (non-hydrogen) atoms. The largest absolute Gasteiger partial charge is 0.496 e. The van der Waals surface area contributed by atoms with Crippen LogP contribution >= 0.6 is 0 Å². The van der Waals surface area contributed by atoms with Crippen LogP contribution in [0.5, 0.6) is 17.2 Å². The number of ether oxygens (including phenoxy) is 4. The number of nitrogens with one attached hydrogen (secondary N) is 2. The summed E-state index contributed by atoms with van der Waals surface area (Å²) in [5.74, 6) is -0.0321. The summed E-state index contributed by atoms with van der Waals surface area (Å²) in [5, 5.41) is 4.93. The lowest BCUT2D eigenvalue weighted by Gasteiger charge is -2.15. The highest BCUT2D eigenvalue weighted by Crippen LogP contribution is 2.35. The molecule has 9 nitrogen and oxygen atoms in total. The molecule has 0 saturated heterocycles. The third-order valence-electron chi connectivity index (χ3n) is 4.72. The predicted molar refractivity (Wildman–Crippen MR) is 110 cm³/mol. The SMILES string of the molecule is COc1cc(OC)c(OC)cc1/C=C/C(=O)O[C@@H](C)C(=O)NC(=O)NC1CCCC1. The predicted octanol–water partition coefficient (Wildman–Crippen LogP) is 2.43. The molecule has 1 aromatic rings. The van der Waals surface area contributed by atoms with Crippen LogP contribution in [0, 0.1) is 0 Å². The highest BCUT2D eigenvalue weighted by Gasteiger charge is 2.22. The molecule has 0 unspecified atom stereocenters. The molecule has 1 aromatic carbocycles. The van der Waals surface area contributed by atoms with Gasteiger partial charge in [0.15, 0.2) is 17.6 Å². The van der Waals surface area contributed by atoms with Gasteiger partial charge in [0.25, 0.3) is 5.91 Å². The van der Waals surface area contributed by atoms with Crippen LogP contribution in [0.25, 0.3) is 6.08 Å². The number of amides is 3. The molecule has 1 aliphatic rings. The van der Waals surface area contributed by atoms with Gasteiger partial charge >= 0.3 is 12.0 Å². The molecule has 9 heteroatoms.